The largest absolute Gasteiger partial charge is 0.396 e. The number of rotatable bonds is 6. The van der Waals surface area contributed by atoms with Crippen molar-refractivity contribution < 1.29 is 4.79 Å². The number of halogens is 2. The fraction of sp³-hybridized carbons (Fsp3) is 0.0833. The second kappa shape index (κ2) is 9.04. The van der Waals surface area contributed by atoms with Gasteiger partial charge in [-0.1, -0.05) is 47.5 Å². The highest BCUT2D eigenvalue weighted by atomic mass is 35.5. The zero-order valence-electron chi connectivity index (χ0n) is 17.3. The number of aromatic nitrogens is 2. The maximum absolute atomic E-state index is 11.8. The molecule has 0 aliphatic heterocycles. The average Bonchev–Trinajstić information content (AvgIpc) is 3.15. The first-order valence-electron chi connectivity index (χ1n) is 9.85. The van der Waals surface area contributed by atoms with E-state index in [-0.39, 0.29) is 5.78 Å². The lowest BCUT2D eigenvalue weighted by molar-refractivity contribution is 0.101. The molecule has 0 saturated carbocycles. The van der Waals surface area contributed by atoms with Gasteiger partial charge in [-0.2, -0.15) is 0 Å². The van der Waals surface area contributed by atoms with Crippen LogP contribution in [0.25, 0.3) is 22.6 Å². The molecule has 0 unspecified atom stereocenters. The summed E-state index contributed by atoms with van der Waals surface area (Å²) in [6, 6.07) is 18.4. The molecule has 0 bridgehead atoms. The Morgan fingerprint density at radius 1 is 1.12 bits per heavy atom. The molecule has 2 heterocycles. The highest BCUT2D eigenvalue weighted by Crippen LogP contribution is 2.29. The van der Waals surface area contributed by atoms with Gasteiger partial charge in [0.05, 0.1) is 28.7 Å². The molecule has 4 aromatic rings. The Morgan fingerprint density at radius 2 is 1.88 bits per heavy atom. The SMILES string of the molecule is CC(=O)c1cc(CN(N)/C=C(\N)c2c(-c3ccc(Cl)cc3)nc3ccccn23)ccc1Cl. The molecule has 4 N–H and O–H groups in total. The fourth-order valence-corrected chi connectivity index (χ4v) is 3.89. The Morgan fingerprint density at radius 3 is 2.59 bits per heavy atom. The number of benzene rings is 2. The van der Waals surface area contributed by atoms with Crippen molar-refractivity contribution in [2.24, 2.45) is 11.6 Å². The third-order valence-corrected chi connectivity index (χ3v) is 5.58. The van der Waals surface area contributed by atoms with Crippen molar-refractivity contribution in [3.8, 4) is 11.3 Å². The van der Waals surface area contributed by atoms with Gasteiger partial charge in [-0.15, -0.1) is 0 Å². The predicted octanol–water partition coefficient (Wildman–Crippen LogP) is 5.14. The van der Waals surface area contributed by atoms with E-state index in [1.807, 2.05) is 59.1 Å². The number of hydrogen-bond donors (Lipinski definition) is 2. The maximum Gasteiger partial charge on any atom is 0.161 e. The number of nitrogens with zero attached hydrogens (tertiary/aromatic N) is 3. The number of hydrogen-bond acceptors (Lipinski definition) is 5. The van der Waals surface area contributed by atoms with Gasteiger partial charge in [0.25, 0.3) is 0 Å². The van der Waals surface area contributed by atoms with Crippen LogP contribution in [0.3, 0.4) is 0 Å². The van der Waals surface area contributed by atoms with Gasteiger partial charge in [-0.25, -0.2) is 10.8 Å². The Kier molecular flexibility index (Phi) is 6.19. The third kappa shape index (κ3) is 4.48. The van der Waals surface area contributed by atoms with Crippen LogP contribution in [0.2, 0.25) is 10.0 Å². The molecule has 0 aliphatic rings. The minimum Gasteiger partial charge on any atom is -0.396 e. The van der Waals surface area contributed by atoms with E-state index < -0.39 is 0 Å². The van der Waals surface area contributed by atoms with Crippen molar-refractivity contribution in [3.05, 3.63) is 99.9 Å². The van der Waals surface area contributed by atoms with Crippen LogP contribution in [0.1, 0.15) is 28.5 Å². The first kappa shape index (κ1) is 21.9. The summed E-state index contributed by atoms with van der Waals surface area (Å²) in [7, 11) is 0. The van der Waals surface area contributed by atoms with Crippen LogP contribution in [-0.2, 0) is 6.54 Å². The predicted molar refractivity (Wildman–Crippen MR) is 129 cm³/mol. The highest BCUT2D eigenvalue weighted by molar-refractivity contribution is 6.33. The van der Waals surface area contributed by atoms with E-state index in [2.05, 4.69) is 0 Å². The van der Waals surface area contributed by atoms with E-state index in [0.29, 0.717) is 27.9 Å². The molecular formula is C24H21Cl2N5O. The van der Waals surface area contributed by atoms with Crippen molar-refractivity contribution in [2.75, 3.05) is 0 Å². The molecule has 162 valence electrons. The Bertz CT molecular complexity index is 1330. The van der Waals surface area contributed by atoms with Crippen molar-refractivity contribution in [1.29, 1.82) is 0 Å². The molecule has 8 heteroatoms. The van der Waals surface area contributed by atoms with Gasteiger partial charge < -0.3 is 10.7 Å². The van der Waals surface area contributed by atoms with Gasteiger partial charge in [0, 0.05) is 28.5 Å². The monoisotopic (exact) mass is 465 g/mol. The zero-order chi connectivity index (χ0) is 22.8. The van der Waals surface area contributed by atoms with Gasteiger partial charge in [-0.3, -0.25) is 9.20 Å². The zero-order valence-corrected chi connectivity index (χ0v) is 18.8. The molecule has 32 heavy (non-hydrogen) atoms. The molecule has 0 aliphatic carbocycles. The first-order valence-corrected chi connectivity index (χ1v) is 10.6. The Labute approximate surface area is 195 Å². The van der Waals surface area contributed by atoms with E-state index in [0.717, 1.165) is 28.2 Å². The van der Waals surface area contributed by atoms with Crippen LogP contribution in [0.4, 0.5) is 0 Å². The summed E-state index contributed by atoms with van der Waals surface area (Å²) in [4.78, 5) is 16.5. The minimum atomic E-state index is -0.103. The quantitative estimate of drug-likeness (QED) is 0.233. The smallest absolute Gasteiger partial charge is 0.161 e. The van der Waals surface area contributed by atoms with Gasteiger partial charge in [0.1, 0.15) is 5.65 Å². The lowest BCUT2D eigenvalue weighted by Crippen LogP contribution is -2.26. The lowest BCUT2D eigenvalue weighted by atomic mass is 10.1. The number of Topliss-reactive ketones (excluding diaryl/α,β-unsaturated/α-hetero) is 1. The maximum atomic E-state index is 11.8. The topological polar surface area (TPSA) is 89.6 Å². The molecule has 0 amide bonds. The van der Waals surface area contributed by atoms with Crippen LogP contribution >= 0.6 is 23.2 Å². The van der Waals surface area contributed by atoms with Gasteiger partial charge in [-0.05, 0) is 48.9 Å². The molecule has 0 saturated heterocycles. The van der Waals surface area contributed by atoms with Crippen molar-refractivity contribution in [2.45, 2.75) is 13.5 Å². The molecule has 0 spiro atoms. The number of fused-ring (bicyclic) bond motifs is 1. The summed E-state index contributed by atoms with van der Waals surface area (Å²) >= 11 is 12.2. The summed E-state index contributed by atoms with van der Waals surface area (Å²) in [5, 5.41) is 2.53. The van der Waals surface area contributed by atoms with Crippen LogP contribution in [-0.4, -0.2) is 20.2 Å². The van der Waals surface area contributed by atoms with Gasteiger partial charge in [0.2, 0.25) is 0 Å². The van der Waals surface area contributed by atoms with Crippen LogP contribution in [0.5, 0.6) is 0 Å². The van der Waals surface area contributed by atoms with Gasteiger partial charge >= 0.3 is 0 Å². The molecule has 2 aromatic carbocycles. The van der Waals surface area contributed by atoms with Crippen LogP contribution in [0.15, 0.2) is 73.1 Å². The molecule has 4 rings (SSSR count). The second-order valence-electron chi connectivity index (χ2n) is 7.37. The number of ketones is 1. The molecule has 0 radical (unpaired) electrons. The normalized spacial score (nSPS) is 11.7. The van der Waals surface area contributed by atoms with Crippen molar-refractivity contribution >= 4 is 40.3 Å². The number of hydrazine groups is 1. The van der Waals surface area contributed by atoms with E-state index in [1.54, 1.807) is 18.3 Å². The summed E-state index contributed by atoms with van der Waals surface area (Å²) < 4.78 is 1.92. The van der Waals surface area contributed by atoms with E-state index in [9.17, 15) is 4.79 Å². The standard InChI is InChI=1S/C24H21Cl2N5O/c1-15(32)19-12-16(5-10-20(19)26)13-30(28)14-21(27)24-23(17-6-8-18(25)9-7-17)29-22-4-2-3-11-31(22)24/h2-12,14H,13,27-28H2,1H3/b21-14-. The summed E-state index contributed by atoms with van der Waals surface area (Å²) in [6.45, 7) is 1.82. The number of carbonyl (C=O) groups excluding carboxylic acids is 1. The third-order valence-electron chi connectivity index (χ3n) is 5.00. The number of pyridine rings is 1. The highest BCUT2D eigenvalue weighted by Gasteiger charge is 2.17. The Hall–Kier alpha value is -3.32. The Balaban J connectivity index is 1.71. The summed E-state index contributed by atoms with van der Waals surface area (Å²) in [5.41, 5.74) is 11.3. The van der Waals surface area contributed by atoms with Crippen LogP contribution in [0, 0.1) is 0 Å². The molecule has 0 fully saturated rings. The van der Waals surface area contributed by atoms with E-state index in [4.69, 9.17) is 39.8 Å². The van der Waals surface area contributed by atoms with E-state index in [1.165, 1.54) is 11.9 Å². The number of carbonyl (C=O) groups is 1. The number of imidazole rings is 1. The fourth-order valence-electron chi connectivity index (χ4n) is 3.52. The lowest BCUT2D eigenvalue weighted by Gasteiger charge is -2.16. The molecule has 0 atom stereocenters. The second-order valence-corrected chi connectivity index (χ2v) is 8.22. The summed E-state index contributed by atoms with van der Waals surface area (Å²) in [6.07, 6.45) is 3.55. The van der Waals surface area contributed by atoms with Gasteiger partial charge in [0.15, 0.2) is 5.78 Å². The van der Waals surface area contributed by atoms with Crippen molar-refractivity contribution in [1.82, 2.24) is 14.4 Å². The molecule has 2 aromatic heterocycles. The molecular weight excluding hydrogens is 445 g/mol. The number of nitrogens with two attached hydrogens (primary N) is 2. The van der Waals surface area contributed by atoms with Crippen LogP contribution < -0.4 is 11.6 Å². The van der Waals surface area contributed by atoms with E-state index >= 15 is 0 Å². The first-order chi connectivity index (χ1) is 15.3. The minimum absolute atomic E-state index is 0.103. The van der Waals surface area contributed by atoms with Crippen molar-refractivity contribution in [3.63, 3.8) is 0 Å². The summed E-state index contributed by atoms with van der Waals surface area (Å²) in [5.74, 6) is 6.14. The average molecular weight is 466 g/mol. The molecule has 6 nitrogen and oxygen atoms in total.